The van der Waals surface area contributed by atoms with Gasteiger partial charge in [0.05, 0.1) is 11.1 Å². The van der Waals surface area contributed by atoms with Crippen LogP contribution in [0.5, 0.6) is 0 Å². The summed E-state index contributed by atoms with van der Waals surface area (Å²) < 4.78 is 231. The van der Waals surface area contributed by atoms with Gasteiger partial charge in [0.25, 0.3) is 0 Å². The lowest BCUT2D eigenvalue weighted by atomic mass is 9.94. The van der Waals surface area contributed by atoms with Crippen LogP contribution >= 0.6 is 22.7 Å². The zero-order valence-corrected chi connectivity index (χ0v) is 28.8. The third-order valence-electron chi connectivity index (χ3n) is 8.61. The van der Waals surface area contributed by atoms with Crippen molar-refractivity contribution in [3.8, 4) is 20.9 Å². The fraction of sp³-hybridized carbons (Fsp3) is 0.135. The molecule has 0 saturated heterocycles. The van der Waals surface area contributed by atoms with Crippen molar-refractivity contribution in [1.82, 2.24) is 0 Å². The summed E-state index contributed by atoms with van der Waals surface area (Å²) in [5.74, 6) is -42.7. The maximum absolute atomic E-state index is 15.3. The second kappa shape index (κ2) is 13.7. The molecule has 0 unspecified atom stereocenters. The minimum atomic E-state index is -6.25. The first kappa shape index (κ1) is 39.8. The van der Waals surface area contributed by atoms with E-state index >= 15 is 17.6 Å². The number of hydrogen-bond acceptors (Lipinski definition) is 2. The Labute approximate surface area is 306 Å². The Morgan fingerprint density at radius 1 is 0.400 bits per heavy atom. The average molecular weight is 829 g/mol. The summed E-state index contributed by atoms with van der Waals surface area (Å²) in [6, 6.07) is 17.1. The predicted molar refractivity (Wildman–Crippen MR) is 174 cm³/mol. The van der Waals surface area contributed by atoms with Crippen LogP contribution in [0.3, 0.4) is 0 Å². The minimum Gasteiger partial charge on any atom is -0.203 e. The first-order valence-electron chi connectivity index (χ1n) is 15.1. The lowest BCUT2D eigenvalue weighted by Gasteiger charge is -2.25. The van der Waals surface area contributed by atoms with Crippen molar-refractivity contribution in [3.05, 3.63) is 140 Å². The molecule has 55 heavy (non-hydrogen) atoms. The highest BCUT2D eigenvalue weighted by atomic mass is 32.1. The second-order valence-electron chi connectivity index (χ2n) is 11.9. The summed E-state index contributed by atoms with van der Waals surface area (Å²) in [6.07, 6.45) is 0. The van der Waals surface area contributed by atoms with Gasteiger partial charge in [-0.15, -0.1) is 22.7 Å². The number of alkyl halides is 6. The maximum Gasteiger partial charge on any atom is 0.380 e. The zero-order chi connectivity index (χ0) is 40.7. The quantitative estimate of drug-likeness (QED) is 0.0943. The first-order chi connectivity index (χ1) is 25.6. The number of allylic oxidation sites excluding steroid dienone is 2. The van der Waals surface area contributed by atoms with Crippen LogP contribution < -0.4 is 0 Å². The summed E-state index contributed by atoms with van der Waals surface area (Å²) in [4.78, 5) is -3.36. The van der Waals surface area contributed by atoms with E-state index in [0.717, 1.165) is 13.8 Å². The normalized spacial score (nSPS) is 15.8. The Bertz CT molecular complexity index is 2300. The highest BCUT2D eigenvalue weighted by molar-refractivity contribution is 7.16. The minimum absolute atomic E-state index is 0.0104. The number of benzene rings is 4. The maximum atomic E-state index is 15.3. The van der Waals surface area contributed by atoms with Crippen molar-refractivity contribution < 1.29 is 70.2 Å². The third kappa shape index (κ3) is 5.98. The molecular formula is C37H16F16S2. The average Bonchev–Trinajstić information content (AvgIpc) is 3.73. The summed E-state index contributed by atoms with van der Waals surface area (Å²) in [5, 5.41) is 2.62. The van der Waals surface area contributed by atoms with E-state index in [2.05, 4.69) is 48.5 Å². The Hall–Kier alpha value is -4.84. The zero-order valence-electron chi connectivity index (χ0n) is 27.1. The van der Waals surface area contributed by atoms with Crippen LogP contribution in [0.2, 0.25) is 0 Å². The molecule has 0 atom stereocenters. The molecule has 0 fully saturated rings. The Morgan fingerprint density at radius 3 is 0.927 bits per heavy atom. The van der Waals surface area contributed by atoms with E-state index in [9.17, 15) is 52.7 Å². The number of thiophene rings is 2. The molecule has 2 aromatic heterocycles. The summed E-state index contributed by atoms with van der Waals surface area (Å²) >= 11 is 0.0208. The van der Waals surface area contributed by atoms with E-state index in [-0.39, 0.29) is 34.8 Å². The van der Waals surface area contributed by atoms with Crippen LogP contribution in [0.25, 0.3) is 42.8 Å². The molecule has 0 amide bonds. The Kier molecular flexibility index (Phi) is 9.94. The molecule has 0 nitrogen and oxygen atoms in total. The third-order valence-corrected chi connectivity index (χ3v) is 10.7. The van der Waals surface area contributed by atoms with E-state index < -0.39 is 129 Å². The molecule has 0 N–H and O–H groups in total. The molecule has 0 spiro atoms. The summed E-state index contributed by atoms with van der Waals surface area (Å²) in [6.45, 7) is 1.62. The van der Waals surface area contributed by atoms with Gasteiger partial charge in [0, 0.05) is 30.7 Å². The van der Waals surface area contributed by atoms with Crippen LogP contribution in [-0.2, 0) is 0 Å². The highest BCUT2D eigenvalue weighted by Crippen LogP contribution is 2.66. The molecular weight excluding hydrogens is 813 g/mol. The van der Waals surface area contributed by atoms with Gasteiger partial charge < -0.3 is 0 Å². The van der Waals surface area contributed by atoms with Gasteiger partial charge >= 0.3 is 17.8 Å². The first-order valence-corrected chi connectivity index (χ1v) is 16.8. The van der Waals surface area contributed by atoms with Crippen LogP contribution in [-0.4, -0.2) is 17.8 Å². The predicted octanol–water partition coefficient (Wildman–Crippen LogP) is 13.8. The van der Waals surface area contributed by atoms with Crippen LogP contribution in [0, 0.1) is 72.0 Å². The Balaban J connectivity index is 0.000000441. The van der Waals surface area contributed by atoms with Crippen molar-refractivity contribution in [2.24, 2.45) is 0 Å². The Morgan fingerprint density at radius 2 is 0.655 bits per heavy atom. The molecule has 0 radical (unpaired) electrons. The van der Waals surface area contributed by atoms with E-state index in [1.165, 1.54) is 10.8 Å². The van der Waals surface area contributed by atoms with Crippen molar-refractivity contribution in [2.75, 3.05) is 0 Å². The standard InChI is InChI=1S/C27H8F16S2.C10H8/c1-5-7(3-9(44-5)11-15(28)19(32)23(36)20(33)16(11)29)13-14(26(40,41)27(42,43)25(13,38)39)8-4-10(45-6(8)2)12-17(30)21(34)24(37)22(35)18(12)31;1-2-6-10-8-4-3-7-9(10)5-1/h3-4H,1-2H3;1-8H. The fourth-order valence-corrected chi connectivity index (χ4v) is 8.03. The lowest BCUT2D eigenvalue weighted by Crippen LogP contribution is -2.48. The number of fused-ring (bicyclic) bond motifs is 1. The molecule has 4 aromatic carbocycles. The van der Waals surface area contributed by atoms with Crippen molar-refractivity contribution in [3.63, 3.8) is 0 Å². The van der Waals surface area contributed by atoms with E-state index in [1.54, 1.807) is 0 Å². The van der Waals surface area contributed by atoms with E-state index in [1.807, 2.05) is 0 Å². The largest absolute Gasteiger partial charge is 0.380 e. The van der Waals surface area contributed by atoms with Gasteiger partial charge in [0.15, 0.2) is 46.5 Å². The van der Waals surface area contributed by atoms with E-state index in [0.29, 0.717) is 0 Å². The van der Waals surface area contributed by atoms with Gasteiger partial charge in [-0.25, -0.2) is 43.9 Å². The molecule has 0 aliphatic heterocycles. The van der Waals surface area contributed by atoms with Gasteiger partial charge in [-0.05, 0) is 47.9 Å². The van der Waals surface area contributed by atoms with Gasteiger partial charge in [0.2, 0.25) is 11.6 Å². The number of halogens is 16. The van der Waals surface area contributed by atoms with Crippen LogP contribution in [0.15, 0.2) is 60.7 Å². The topological polar surface area (TPSA) is 0 Å². The molecule has 0 bridgehead atoms. The highest BCUT2D eigenvalue weighted by Gasteiger charge is 2.80. The molecule has 18 heteroatoms. The van der Waals surface area contributed by atoms with Crippen molar-refractivity contribution >= 4 is 44.6 Å². The number of rotatable bonds is 4. The van der Waals surface area contributed by atoms with Crippen molar-refractivity contribution in [2.45, 2.75) is 31.6 Å². The molecule has 1 aliphatic rings. The number of hydrogen-bond donors (Lipinski definition) is 0. The van der Waals surface area contributed by atoms with Gasteiger partial charge in [-0.1, -0.05) is 48.5 Å². The summed E-state index contributed by atoms with van der Waals surface area (Å²) in [7, 11) is 0. The molecule has 0 saturated carbocycles. The van der Waals surface area contributed by atoms with Gasteiger partial charge in [-0.2, -0.15) is 26.3 Å². The molecule has 288 valence electrons. The van der Waals surface area contributed by atoms with Crippen molar-refractivity contribution in [1.29, 1.82) is 0 Å². The summed E-state index contributed by atoms with van der Waals surface area (Å²) in [5.41, 5.74) is -10.3. The van der Waals surface area contributed by atoms with E-state index in [4.69, 9.17) is 0 Å². The second-order valence-corrected chi connectivity index (χ2v) is 14.4. The van der Waals surface area contributed by atoms with Crippen LogP contribution in [0.1, 0.15) is 20.9 Å². The molecule has 2 heterocycles. The molecule has 6 aromatic rings. The molecule has 7 rings (SSSR count). The molecule has 1 aliphatic carbocycles. The monoisotopic (exact) mass is 828 g/mol. The van der Waals surface area contributed by atoms with Crippen LogP contribution in [0.4, 0.5) is 70.2 Å². The SMILES string of the molecule is Cc1sc(-c2c(F)c(F)c(F)c(F)c2F)cc1C1=C(c2cc(-c3c(F)c(F)c(F)c(F)c3F)sc2C)C(F)(F)C(F)(F)C1(F)F.c1ccc2ccccc2c1. The smallest absolute Gasteiger partial charge is 0.203 e. The van der Waals surface area contributed by atoms with Gasteiger partial charge in [0.1, 0.15) is 0 Å². The lowest BCUT2D eigenvalue weighted by molar-refractivity contribution is -0.254. The fourth-order valence-electron chi connectivity index (χ4n) is 5.92. The van der Waals surface area contributed by atoms with Gasteiger partial charge in [-0.3, -0.25) is 0 Å². The number of aryl methyl sites for hydroxylation is 2.